The van der Waals surface area contributed by atoms with E-state index in [1.807, 2.05) is 28.8 Å². The molecule has 0 spiro atoms. The van der Waals surface area contributed by atoms with Crippen LogP contribution in [0.4, 0.5) is 0 Å². The highest BCUT2D eigenvalue weighted by molar-refractivity contribution is 5.74. The number of aldehydes is 1. The summed E-state index contributed by atoms with van der Waals surface area (Å²) in [5.74, 6) is 1.45. The van der Waals surface area contributed by atoms with Crippen LogP contribution < -0.4 is 0 Å². The SMILES string of the molecule is CN1CCC(c2ncc3cccc(C=O)n23)C1. The van der Waals surface area contributed by atoms with E-state index < -0.39 is 0 Å². The number of nitrogens with zero attached hydrogens (tertiary/aromatic N) is 3. The Labute approximate surface area is 99.9 Å². The average Bonchev–Trinajstić information content (AvgIpc) is 2.94. The molecule has 0 N–H and O–H groups in total. The molecule has 88 valence electrons. The van der Waals surface area contributed by atoms with Crippen LogP contribution in [0, 0.1) is 0 Å². The van der Waals surface area contributed by atoms with Gasteiger partial charge in [0.05, 0.1) is 17.4 Å². The summed E-state index contributed by atoms with van der Waals surface area (Å²) in [5.41, 5.74) is 1.68. The van der Waals surface area contributed by atoms with Gasteiger partial charge in [-0.2, -0.15) is 0 Å². The molecular formula is C13H15N3O. The lowest BCUT2D eigenvalue weighted by Crippen LogP contribution is -2.15. The number of rotatable bonds is 2. The van der Waals surface area contributed by atoms with Gasteiger partial charge in [-0.15, -0.1) is 0 Å². The van der Waals surface area contributed by atoms with Crippen molar-refractivity contribution in [2.24, 2.45) is 0 Å². The fraction of sp³-hybridized carbons (Fsp3) is 0.385. The fourth-order valence-electron chi connectivity index (χ4n) is 2.62. The molecule has 0 saturated carbocycles. The van der Waals surface area contributed by atoms with E-state index in [1.54, 1.807) is 0 Å². The Morgan fingerprint density at radius 3 is 3.06 bits per heavy atom. The number of hydrogen-bond acceptors (Lipinski definition) is 3. The summed E-state index contributed by atoms with van der Waals surface area (Å²) in [6.45, 7) is 2.12. The Hall–Kier alpha value is -1.68. The van der Waals surface area contributed by atoms with Gasteiger partial charge in [-0.05, 0) is 32.1 Å². The molecule has 0 bridgehead atoms. The van der Waals surface area contributed by atoms with Crippen molar-refractivity contribution in [3.05, 3.63) is 35.9 Å². The first-order chi connectivity index (χ1) is 8.29. The maximum atomic E-state index is 11.1. The predicted octanol–water partition coefficient (Wildman–Crippen LogP) is 1.57. The summed E-state index contributed by atoms with van der Waals surface area (Å²) in [6, 6.07) is 5.72. The van der Waals surface area contributed by atoms with Crippen molar-refractivity contribution in [2.45, 2.75) is 12.3 Å². The highest BCUT2D eigenvalue weighted by Gasteiger charge is 2.25. The second kappa shape index (κ2) is 3.96. The fourth-order valence-corrected chi connectivity index (χ4v) is 2.62. The molecule has 1 aliphatic rings. The first kappa shape index (κ1) is 10.5. The van der Waals surface area contributed by atoms with Crippen LogP contribution in [-0.4, -0.2) is 40.7 Å². The number of likely N-dealkylation sites (tertiary alicyclic amines) is 1. The van der Waals surface area contributed by atoms with Gasteiger partial charge in [0.1, 0.15) is 5.82 Å². The van der Waals surface area contributed by atoms with Gasteiger partial charge >= 0.3 is 0 Å². The third kappa shape index (κ3) is 1.65. The maximum Gasteiger partial charge on any atom is 0.166 e. The predicted molar refractivity (Wildman–Crippen MR) is 65.4 cm³/mol. The normalized spacial score (nSPS) is 21.1. The van der Waals surface area contributed by atoms with Crippen LogP contribution in [-0.2, 0) is 0 Å². The largest absolute Gasteiger partial charge is 0.306 e. The summed E-state index contributed by atoms with van der Waals surface area (Å²) in [7, 11) is 2.12. The second-order valence-corrected chi connectivity index (χ2v) is 4.69. The number of aromatic nitrogens is 2. The lowest BCUT2D eigenvalue weighted by molar-refractivity contribution is 0.111. The maximum absolute atomic E-state index is 11.1. The van der Waals surface area contributed by atoms with Crippen molar-refractivity contribution >= 4 is 11.8 Å². The molecular weight excluding hydrogens is 214 g/mol. The van der Waals surface area contributed by atoms with Crippen molar-refractivity contribution < 1.29 is 4.79 Å². The lowest BCUT2D eigenvalue weighted by Gasteiger charge is -2.10. The molecule has 2 aromatic rings. The molecule has 4 heteroatoms. The summed E-state index contributed by atoms with van der Waals surface area (Å²) in [6.07, 6.45) is 3.86. The van der Waals surface area contributed by atoms with Gasteiger partial charge in [0, 0.05) is 12.5 Å². The molecule has 4 nitrogen and oxygen atoms in total. The molecule has 17 heavy (non-hydrogen) atoms. The van der Waals surface area contributed by atoms with Gasteiger partial charge in [-0.3, -0.25) is 9.20 Å². The minimum atomic E-state index is 0.434. The first-order valence-corrected chi connectivity index (χ1v) is 5.89. The Balaban J connectivity index is 2.13. The van der Waals surface area contributed by atoms with Gasteiger partial charge in [0.2, 0.25) is 0 Å². The molecule has 1 atom stereocenters. The highest BCUT2D eigenvalue weighted by atomic mass is 16.1. The zero-order valence-electron chi connectivity index (χ0n) is 9.84. The Morgan fingerprint density at radius 1 is 1.47 bits per heavy atom. The molecule has 2 aromatic heterocycles. The molecule has 0 radical (unpaired) electrons. The van der Waals surface area contributed by atoms with Crippen molar-refractivity contribution in [2.75, 3.05) is 20.1 Å². The van der Waals surface area contributed by atoms with Gasteiger partial charge < -0.3 is 4.90 Å². The Morgan fingerprint density at radius 2 is 2.35 bits per heavy atom. The Bertz CT molecular complexity index is 561. The monoisotopic (exact) mass is 229 g/mol. The van der Waals surface area contributed by atoms with Crippen LogP contribution in [0.5, 0.6) is 0 Å². The van der Waals surface area contributed by atoms with E-state index in [-0.39, 0.29) is 0 Å². The molecule has 0 aromatic carbocycles. The number of carbonyl (C=O) groups is 1. The van der Waals surface area contributed by atoms with Crippen LogP contribution >= 0.6 is 0 Å². The third-order valence-corrected chi connectivity index (χ3v) is 3.49. The molecule has 3 rings (SSSR count). The van der Waals surface area contributed by atoms with Gasteiger partial charge in [-0.1, -0.05) is 6.07 Å². The van der Waals surface area contributed by atoms with Gasteiger partial charge in [-0.25, -0.2) is 4.98 Å². The molecule has 1 unspecified atom stereocenters. The summed E-state index contributed by atoms with van der Waals surface area (Å²) in [4.78, 5) is 17.9. The topological polar surface area (TPSA) is 37.6 Å². The van der Waals surface area contributed by atoms with Crippen LogP contribution in [0.2, 0.25) is 0 Å². The Kier molecular flexibility index (Phi) is 2.44. The zero-order valence-corrected chi connectivity index (χ0v) is 9.84. The smallest absolute Gasteiger partial charge is 0.166 e. The third-order valence-electron chi connectivity index (χ3n) is 3.49. The average molecular weight is 229 g/mol. The van der Waals surface area contributed by atoms with Gasteiger partial charge in [0.15, 0.2) is 6.29 Å². The molecule has 0 aliphatic carbocycles. The summed E-state index contributed by atoms with van der Waals surface area (Å²) >= 11 is 0. The molecule has 1 saturated heterocycles. The number of imidazole rings is 1. The molecule has 1 aliphatic heterocycles. The summed E-state index contributed by atoms with van der Waals surface area (Å²) in [5, 5.41) is 0. The molecule has 0 amide bonds. The van der Waals surface area contributed by atoms with E-state index in [1.165, 1.54) is 0 Å². The minimum absolute atomic E-state index is 0.434. The lowest BCUT2D eigenvalue weighted by atomic mass is 10.1. The molecule has 3 heterocycles. The standard InChI is InChI=1S/C13H15N3O/c1-15-6-5-10(8-15)13-14-7-11-3-2-4-12(9-17)16(11)13/h2-4,7,9-10H,5-6,8H2,1H3. The van der Waals surface area contributed by atoms with E-state index >= 15 is 0 Å². The van der Waals surface area contributed by atoms with E-state index in [0.717, 1.165) is 37.1 Å². The zero-order chi connectivity index (χ0) is 11.8. The van der Waals surface area contributed by atoms with Crippen LogP contribution in [0.3, 0.4) is 0 Å². The number of pyridine rings is 1. The van der Waals surface area contributed by atoms with E-state index in [0.29, 0.717) is 11.6 Å². The van der Waals surface area contributed by atoms with Crippen LogP contribution in [0.1, 0.15) is 28.7 Å². The van der Waals surface area contributed by atoms with Crippen molar-refractivity contribution in [3.63, 3.8) is 0 Å². The van der Waals surface area contributed by atoms with Gasteiger partial charge in [0.25, 0.3) is 0 Å². The quantitative estimate of drug-likeness (QED) is 0.733. The number of carbonyl (C=O) groups excluding carboxylic acids is 1. The van der Waals surface area contributed by atoms with Crippen LogP contribution in [0.15, 0.2) is 24.4 Å². The number of hydrogen-bond donors (Lipinski definition) is 0. The molecule has 1 fully saturated rings. The number of likely N-dealkylation sites (N-methyl/N-ethyl adjacent to an activating group) is 1. The van der Waals surface area contributed by atoms with Crippen molar-refractivity contribution in [1.82, 2.24) is 14.3 Å². The van der Waals surface area contributed by atoms with Crippen molar-refractivity contribution in [1.29, 1.82) is 0 Å². The van der Waals surface area contributed by atoms with E-state index in [4.69, 9.17) is 0 Å². The number of fused-ring (bicyclic) bond motifs is 1. The highest BCUT2D eigenvalue weighted by Crippen LogP contribution is 2.26. The second-order valence-electron chi connectivity index (χ2n) is 4.69. The van der Waals surface area contributed by atoms with E-state index in [2.05, 4.69) is 16.9 Å². The summed E-state index contributed by atoms with van der Waals surface area (Å²) < 4.78 is 1.98. The van der Waals surface area contributed by atoms with Crippen LogP contribution in [0.25, 0.3) is 5.52 Å². The van der Waals surface area contributed by atoms with E-state index in [9.17, 15) is 4.79 Å². The van der Waals surface area contributed by atoms with Crippen molar-refractivity contribution in [3.8, 4) is 0 Å². The first-order valence-electron chi connectivity index (χ1n) is 5.89. The minimum Gasteiger partial charge on any atom is -0.306 e.